The molecule has 194 valence electrons. The lowest BCUT2D eigenvalue weighted by atomic mass is 10.0. The summed E-state index contributed by atoms with van der Waals surface area (Å²) >= 11 is 0. The van der Waals surface area contributed by atoms with Gasteiger partial charge in [0.1, 0.15) is 11.6 Å². The van der Waals surface area contributed by atoms with Crippen molar-refractivity contribution in [2.24, 2.45) is 5.16 Å². The Hall–Kier alpha value is -3.63. The highest BCUT2D eigenvalue weighted by atomic mass is 32.2. The van der Waals surface area contributed by atoms with E-state index < -0.39 is 27.8 Å². The molecule has 1 fully saturated rings. The van der Waals surface area contributed by atoms with Gasteiger partial charge in [0.25, 0.3) is 5.91 Å². The third-order valence-corrected chi connectivity index (χ3v) is 7.95. The Morgan fingerprint density at radius 3 is 1.97 bits per heavy atom. The number of carbonyl (C=O) groups excluding carboxylic acids is 1. The number of benzene rings is 3. The fraction of sp³-hybridized carbons (Fsp3) is 0.259. The Bertz CT molecular complexity index is 1340. The van der Waals surface area contributed by atoms with E-state index in [1.54, 1.807) is 50.5 Å². The first-order chi connectivity index (χ1) is 17.6. The van der Waals surface area contributed by atoms with Gasteiger partial charge in [-0.3, -0.25) is 4.79 Å². The number of sulfonamides is 1. The van der Waals surface area contributed by atoms with Crippen molar-refractivity contribution < 1.29 is 26.8 Å². The summed E-state index contributed by atoms with van der Waals surface area (Å²) in [4.78, 5) is 19.5. The topological polar surface area (TPSA) is 79.3 Å². The zero-order valence-corrected chi connectivity index (χ0v) is 21.3. The maximum atomic E-state index is 13.4. The fourth-order valence-corrected chi connectivity index (χ4v) is 5.48. The molecule has 0 N–H and O–H groups in total. The van der Waals surface area contributed by atoms with Crippen molar-refractivity contribution in [2.75, 3.05) is 27.2 Å². The summed E-state index contributed by atoms with van der Waals surface area (Å²) in [6, 6.07) is 17.6. The van der Waals surface area contributed by atoms with Crippen LogP contribution in [0.1, 0.15) is 40.4 Å². The first-order valence-corrected chi connectivity index (χ1v) is 13.1. The molecule has 0 aromatic heterocycles. The first-order valence-electron chi connectivity index (χ1n) is 11.7. The molecule has 3 aromatic rings. The van der Waals surface area contributed by atoms with Crippen LogP contribution >= 0.6 is 0 Å². The Labute approximate surface area is 215 Å². The SMILES string of the molecule is CN(C)C(=O)c1cccc(S(=O)(=O)N2CCC(=NOC(c3ccc(F)cc3)c3ccc(F)cc3)CC2)c1. The van der Waals surface area contributed by atoms with E-state index in [4.69, 9.17) is 4.84 Å². The number of oxime groups is 1. The highest BCUT2D eigenvalue weighted by molar-refractivity contribution is 7.89. The van der Waals surface area contributed by atoms with Crippen molar-refractivity contribution in [3.05, 3.63) is 101 Å². The molecule has 0 radical (unpaired) electrons. The van der Waals surface area contributed by atoms with Gasteiger partial charge < -0.3 is 9.74 Å². The Morgan fingerprint density at radius 2 is 1.46 bits per heavy atom. The van der Waals surface area contributed by atoms with Crippen LogP contribution in [0.4, 0.5) is 8.78 Å². The van der Waals surface area contributed by atoms with E-state index in [2.05, 4.69) is 5.16 Å². The van der Waals surface area contributed by atoms with Gasteiger partial charge in [-0.2, -0.15) is 4.31 Å². The molecule has 0 saturated carbocycles. The second-order valence-corrected chi connectivity index (χ2v) is 10.8. The molecule has 1 aliphatic rings. The van der Waals surface area contributed by atoms with Crippen LogP contribution in [0.25, 0.3) is 0 Å². The molecule has 1 amide bonds. The van der Waals surface area contributed by atoms with Gasteiger partial charge in [-0.25, -0.2) is 17.2 Å². The van der Waals surface area contributed by atoms with E-state index in [0.29, 0.717) is 35.2 Å². The number of nitrogens with zero attached hydrogens (tertiary/aromatic N) is 3. The van der Waals surface area contributed by atoms with E-state index in [1.807, 2.05) is 0 Å². The molecule has 0 bridgehead atoms. The number of hydrogen-bond donors (Lipinski definition) is 0. The molecule has 0 atom stereocenters. The van der Waals surface area contributed by atoms with Crippen LogP contribution in [0.15, 0.2) is 82.8 Å². The minimum Gasteiger partial charge on any atom is -0.383 e. The van der Waals surface area contributed by atoms with E-state index in [-0.39, 0.29) is 23.9 Å². The zero-order chi connectivity index (χ0) is 26.6. The van der Waals surface area contributed by atoms with E-state index in [9.17, 15) is 22.0 Å². The van der Waals surface area contributed by atoms with Gasteiger partial charge in [-0.05, 0) is 53.6 Å². The van der Waals surface area contributed by atoms with Crippen molar-refractivity contribution in [2.45, 2.75) is 23.8 Å². The largest absolute Gasteiger partial charge is 0.383 e. The van der Waals surface area contributed by atoms with E-state index >= 15 is 0 Å². The first kappa shape index (κ1) is 26.4. The predicted molar refractivity (Wildman–Crippen MR) is 136 cm³/mol. The molecule has 37 heavy (non-hydrogen) atoms. The predicted octanol–water partition coefficient (Wildman–Crippen LogP) is 4.61. The second-order valence-electron chi connectivity index (χ2n) is 8.88. The monoisotopic (exact) mass is 527 g/mol. The van der Waals surface area contributed by atoms with Gasteiger partial charge in [0.2, 0.25) is 10.0 Å². The zero-order valence-electron chi connectivity index (χ0n) is 20.5. The molecule has 1 saturated heterocycles. The summed E-state index contributed by atoms with van der Waals surface area (Å²) in [5.41, 5.74) is 2.26. The number of rotatable bonds is 7. The lowest BCUT2D eigenvalue weighted by molar-refractivity contribution is 0.0827. The fourth-order valence-electron chi connectivity index (χ4n) is 3.99. The van der Waals surface area contributed by atoms with Gasteiger partial charge in [-0.1, -0.05) is 35.5 Å². The van der Waals surface area contributed by atoms with Crippen molar-refractivity contribution in [1.82, 2.24) is 9.21 Å². The van der Waals surface area contributed by atoms with Crippen LogP contribution in [-0.2, 0) is 14.9 Å². The molecule has 4 rings (SSSR count). The lowest BCUT2D eigenvalue weighted by Gasteiger charge is -2.27. The molecule has 3 aromatic carbocycles. The van der Waals surface area contributed by atoms with E-state index in [0.717, 1.165) is 0 Å². The number of amides is 1. The molecular formula is C27H27F2N3O4S. The molecule has 0 unspecified atom stereocenters. The normalized spacial score (nSPS) is 14.5. The molecule has 7 nitrogen and oxygen atoms in total. The standard InChI is InChI=1S/C27H27F2N3O4S/c1-31(2)27(33)21-4-3-5-25(18-21)37(34,35)32-16-14-24(15-17-32)30-36-26(19-6-10-22(28)11-7-19)20-8-12-23(29)13-9-20/h3-13,18,26H,14-17H2,1-2H3. The van der Waals surface area contributed by atoms with Crippen LogP contribution in [0, 0.1) is 11.6 Å². The smallest absolute Gasteiger partial charge is 0.253 e. The summed E-state index contributed by atoms with van der Waals surface area (Å²) in [7, 11) is -0.587. The molecule has 1 aliphatic heterocycles. The average Bonchev–Trinajstić information content (AvgIpc) is 2.90. The van der Waals surface area contributed by atoms with Crippen molar-refractivity contribution in [3.8, 4) is 0 Å². The quantitative estimate of drug-likeness (QED) is 0.421. The van der Waals surface area contributed by atoms with E-state index in [1.165, 1.54) is 45.6 Å². The van der Waals surface area contributed by atoms with Crippen molar-refractivity contribution in [3.63, 3.8) is 0 Å². The minimum absolute atomic E-state index is 0.0597. The molecule has 0 aliphatic carbocycles. The molecular weight excluding hydrogens is 500 g/mol. The van der Waals surface area contributed by atoms with Crippen LogP contribution in [0.2, 0.25) is 0 Å². The maximum Gasteiger partial charge on any atom is 0.253 e. The van der Waals surface area contributed by atoms with Gasteiger partial charge >= 0.3 is 0 Å². The average molecular weight is 528 g/mol. The molecule has 0 spiro atoms. The highest BCUT2D eigenvalue weighted by Gasteiger charge is 2.29. The summed E-state index contributed by atoms with van der Waals surface area (Å²) < 4.78 is 54.6. The second kappa shape index (κ2) is 11.2. The van der Waals surface area contributed by atoms with Gasteiger partial charge in [0.05, 0.1) is 10.6 Å². The summed E-state index contributed by atoms with van der Waals surface area (Å²) in [6.07, 6.45) is 0.0249. The van der Waals surface area contributed by atoms with Crippen LogP contribution in [0.5, 0.6) is 0 Å². The van der Waals surface area contributed by atoms with Gasteiger partial charge in [-0.15, -0.1) is 0 Å². The minimum atomic E-state index is -3.80. The Kier molecular flexibility index (Phi) is 7.99. The third kappa shape index (κ3) is 6.20. The summed E-state index contributed by atoms with van der Waals surface area (Å²) in [5, 5.41) is 4.28. The Balaban J connectivity index is 1.47. The van der Waals surface area contributed by atoms with Crippen LogP contribution in [0.3, 0.4) is 0 Å². The summed E-state index contributed by atoms with van der Waals surface area (Å²) in [6.45, 7) is 0.405. The van der Waals surface area contributed by atoms with Gasteiger partial charge in [0.15, 0.2) is 6.10 Å². The third-order valence-electron chi connectivity index (χ3n) is 6.06. The van der Waals surface area contributed by atoms with Crippen molar-refractivity contribution in [1.29, 1.82) is 0 Å². The van der Waals surface area contributed by atoms with Gasteiger partial charge in [0, 0.05) is 45.6 Å². The lowest BCUT2D eigenvalue weighted by Crippen LogP contribution is -2.38. The van der Waals surface area contributed by atoms with Crippen molar-refractivity contribution >= 4 is 21.6 Å². The number of halogens is 2. The van der Waals surface area contributed by atoms with Crippen LogP contribution in [-0.4, -0.2) is 56.4 Å². The maximum absolute atomic E-state index is 13.4. The van der Waals surface area contributed by atoms with Crippen LogP contribution < -0.4 is 0 Å². The summed E-state index contributed by atoms with van der Waals surface area (Å²) in [5.74, 6) is -1.06. The molecule has 1 heterocycles. The number of carbonyl (C=O) groups is 1. The number of piperidine rings is 1. The Morgan fingerprint density at radius 1 is 0.919 bits per heavy atom. The number of hydrogen-bond acceptors (Lipinski definition) is 5. The highest BCUT2D eigenvalue weighted by Crippen LogP contribution is 2.28. The molecule has 10 heteroatoms.